The van der Waals surface area contributed by atoms with Crippen molar-refractivity contribution in [1.29, 1.82) is 0 Å². The van der Waals surface area contributed by atoms with E-state index in [1.807, 2.05) is 0 Å². The zero-order chi connectivity index (χ0) is 10.3. The van der Waals surface area contributed by atoms with Crippen LogP contribution in [-0.2, 0) is 0 Å². The lowest BCUT2D eigenvalue weighted by molar-refractivity contribution is 0.137. The Labute approximate surface area is 91.7 Å². The number of nitrogens with two attached hydrogens (primary N) is 1. The summed E-state index contributed by atoms with van der Waals surface area (Å²) in [5, 5.41) is 0. The quantitative estimate of drug-likeness (QED) is 0.749. The molecule has 3 aliphatic rings. The molecule has 0 atom stereocenters. The molecule has 0 amide bonds. The molecule has 3 heteroatoms. The molecule has 3 nitrogen and oxygen atoms in total. The van der Waals surface area contributed by atoms with Gasteiger partial charge in [-0.25, -0.2) is 0 Å². The Morgan fingerprint density at radius 1 is 1.27 bits per heavy atom. The molecular formula is C12H21N3. The van der Waals surface area contributed by atoms with Gasteiger partial charge >= 0.3 is 0 Å². The zero-order valence-corrected chi connectivity index (χ0v) is 9.41. The molecule has 15 heavy (non-hydrogen) atoms. The van der Waals surface area contributed by atoms with Gasteiger partial charge in [0.15, 0.2) is 5.96 Å². The molecule has 0 radical (unpaired) electrons. The molecule has 2 N–H and O–H groups in total. The highest BCUT2D eigenvalue weighted by Gasteiger charge is 2.44. The lowest BCUT2D eigenvalue weighted by Gasteiger charge is -2.42. The van der Waals surface area contributed by atoms with Crippen molar-refractivity contribution in [3.05, 3.63) is 0 Å². The molecule has 1 spiro atoms. The average molecular weight is 207 g/mol. The Kier molecular flexibility index (Phi) is 2.15. The van der Waals surface area contributed by atoms with Crippen molar-refractivity contribution in [2.45, 2.75) is 50.5 Å². The predicted octanol–water partition coefficient (Wildman–Crippen LogP) is 1.73. The molecule has 3 rings (SSSR count). The largest absolute Gasteiger partial charge is 0.370 e. The SMILES string of the molecule is NC1=NCC2(CCCCC2)N1CC1CC1. The topological polar surface area (TPSA) is 41.6 Å². The second-order valence-corrected chi connectivity index (χ2v) is 5.51. The maximum absolute atomic E-state index is 6.04. The molecule has 0 aromatic rings. The highest BCUT2D eigenvalue weighted by atomic mass is 15.4. The average Bonchev–Trinajstić information content (AvgIpc) is 3.03. The van der Waals surface area contributed by atoms with Gasteiger partial charge in [-0.2, -0.15) is 0 Å². The van der Waals surface area contributed by atoms with Gasteiger partial charge in [-0.15, -0.1) is 0 Å². The second kappa shape index (κ2) is 3.39. The summed E-state index contributed by atoms with van der Waals surface area (Å²) in [7, 11) is 0. The molecule has 0 aromatic heterocycles. The van der Waals surface area contributed by atoms with E-state index in [2.05, 4.69) is 9.89 Å². The third-order valence-corrected chi connectivity index (χ3v) is 4.31. The monoisotopic (exact) mass is 207 g/mol. The second-order valence-electron chi connectivity index (χ2n) is 5.51. The highest BCUT2D eigenvalue weighted by Crippen LogP contribution is 2.40. The smallest absolute Gasteiger partial charge is 0.191 e. The van der Waals surface area contributed by atoms with E-state index in [0.29, 0.717) is 5.54 Å². The van der Waals surface area contributed by atoms with E-state index in [9.17, 15) is 0 Å². The molecule has 2 aliphatic carbocycles. The number of aliphatic imine (C=N–C) groups is 1. The predicted molar refractivity (Wildman–Crippen MR) is 61.7 cm³/mol. The van der Waals surface area contributed by atoms with E-state index in [1.165, 1.54) is 51.5 Å². The maximum Gasteiger partial charge on any atom is 0.191 e. The number of rotatable bonds is 2. The molecule has 84 valence electrons. The molecule has 0 aromatic carbocycles. The maximum atomic E-state index is 6.04. The van der Waals surface area contributed by atoms with Crippen molar-refractivity contribution in [2.75, 3.05) is 13.1 Å². The first kappa shape index (κ1) is 9.49. The summed E-state index contributed by atoms with van der Waals surface area (Å²) >= 11 is 0. The molecule has 0 unspecified atom stereocenters. The number of nitrogens with zero attached hydrogens (tertiary/aromatic N) is 2. The van der Waals surface area contributed by atoms with E-state index in [1.54, 1.807) is 0 Å². The zero-order valence-electron chi connectivity index (χ0n) is 9.41. The minimum Gasteiger partial charge on any atom is -0.370 e. The van der Waals surface area contributed by atoms with Gasteiger partial charge in [0.1, 0.15) is 0 Å². The Balaban J connectivity index is 1.75. The molecular weight excluding hydrogens is 186 g/mol. The Morgan fingerprint density at radius 2 is 2.00 bits per heavy atom. The van der Waals surface area contributed by atoms with Gasteiger partial charge in [0.2, 0.25) is 0 Å². The van der Waals surface area contributed by atoms with E-state index in [4.69, 9.17) is 5.73 Å². The summed E-state index contributed by atoms with van der Waals surface area (Å²) in [6.45, 7) is 2.14. The van der Waals surface area contributed by atoms with Gasteiger partial charge in [0, 0.05) is 6.54 Å². The summed E-state index contributed by atoms with van der Waals surface area (Å²) in [6.07, 6.45) is 9.56. The van der Waals surface area contributed by atoms with Crippen LogP contribution in [0.25, 0.3) is 0 Å². The first-order chi connectivity index (χ1) is 7.30. The standard InChI is InChI=1S/C12H21N3/c13-11-14-9-12(6-2-1-3-7-12)15(11)8-10-4-5-10/h10H,1-9H2,(H2,13,14). The van der Waals surface area contributed by atoms with E-state index < -0.39 is 0 Å². The van der Waals surface area contributed by atoms with Crippen LogP contribution in [0.2, 0.25) is 0 Å². The van der Waals surface area contributed by atoms with Crippen LogP contribution >= 0.6 is 0 Å². The summed E-state index contributed by atoms with van der Waals surface area (Å²) in [6, 6.07) is 0. The first-order valence-corrected chi connectivity index (χ1v) is 6.38. The van der Waals surface area contributed by atoms with Crippen LogP contribution in [0.4, 0.5) is 0 Å². The van der Waals surface area contributed by atoms with Crippen molar-refractivity contribution in [3.63, 3.8) is 0 Å². The van der Waals surface area contributed by atoms with E-state index >= 15 is 0 Å². The molecule has 2 saturated carbocycles. The summed E-state index contributed by atoms with van der Waals surface area (Å²) in [5.74, 6) is 1.74. The molecule has 2 fully saturated rings. The molecule has 1 heterocycles. The minimum absolute atomic E-state index is 0.338. The van der Waals surface area contributed by atoms with Crippen molar-refractivity contribution in [2.24, 2.45) is 16.6 Å². The van der Waals surface area contributed by atoms with Crippen LogP contribution in [0.15, 0.2) is 4.99 Å². The van der Waals surface area contributed by atoms with Crippen molar-refractivity contribution in [1.82, 2.24) is 4.90 Å². The fourth-order valence-electron chi connectivity index (χ4n) is 3.13. The summed E-state index contributed by atoms with van der Waals surface area (Å²) in [4.78, 5) is 6.94. The van der Waals surface area contributed by atoms with Gasteiger partial charge in [-0.05, 0) is 31.6 Å². The van der Waals surface area contributed by atoms with E-state index in [0.717, 1.165) is 18.4 Å². The van der Waals surface area contributed by atoms with Crippen LogP contribution in [-0.4, -0.2) is 29.5 Å². The lowest BCUT2D eigenvalue weighted by atomic mass is 9.81. The van der Waals surface area contributed by atoms with Crippen molar-refractivity contribution in [3.8, 4) is 0 Å². The molecule has 1 aliphatic heterocycles. The van der Waals surface area contributed by atoms with Crippen LogP contribution in [0.3, 0.4) is 0 Å². The Bertz CT molecular complexity index is 275. The van der Waals surface area contributed by atoms with Crippen LogP contribution in [0.1, 0.15) is 44.9 Å². The molecule has 0 bridgehead atoms. The normalized spacial score (nSPS) is 29.6. The first-order valence-electron chi connectivity index (χ1n) is 6.38. The van der Waals surface area contributed by atoms with Gasteiger partial charge in [-0.1, -0.05) is 19.3 Å². The Morgan fingerprint density at radius 3 is 2.67 bits per heavy atom. The third kappa shape index (κ3) is 1.62. The summed E-state index contributed by atoms with van der Waals surface area (Å²) < 4.78 is 0. The van der Waals surface area contributed by atoms with Crippen molar-refractivity contribution < 1.29 is 0 Å². The van der Waals surface area contributed by atoms with Crippen LogP contribution in [0.5, 0.6) is 0 Å². The third-order valence-electron chi connectivity index (χ3n) is 4.31. The number of hydrogen-bond donors (Lipinski definition) is 1. The van der Waals surface area contributed by atoms with Crippen molar-refractivity contribution >= 4 is 5.96 Å². The van der Waals surface area contributed by atoms with Gasteiger partial charge in [0.05, 0.1) is 12.1 Å². The van der Waals surface area contributed by atoms with Gasteiger partial charge in [0.25, 0.3) is 0 Å². The highest BCUT2D eigenvalue weighted by molar-refractivity contribution is 5.81. The summed E-state index contributed by atoms with van der Waals surface area (Å²) in [5.41, 5.74) is 6.37. The Hall–Kier alpha value is -0.730. The van der Waals surface area contributed by atoms with Crippen LogP contribution in [0, 0.1) is 5.92 Å². The molecule has 0 saturated heterocycles. The minimum atomic E-state index is 0.338. The fourth-order valence-corrected chi connectivity index (χ4v) is 3.13. The lowest BCUT2D eigenvalue weighted by Crippen LogP contribution is -2.53. The van der Waals surface area contributed by atoms with Gasteiger partial charge in [-0.3, -0.25) is 4.99 Å². The number of hydrogen-bond acceptors (Lipinski definition) is 3. The fraction of sp³-hybridized carbons (Fsp3) is 0.917. The van der Waals surface area contributed by atoms with Gasteiger partial charge < -0.3 is 10.6 Å². The van der Waals surface area contributed by atoms with E-state index in [-0.39, 0.29) is 0 Å². The van der Waals surface area contributed by atoms with Crippen LogP contribution < -0.4 is 5.73 Å². The number of guanidine groups is 1.